The van der Waals surface area contributed by atoms with Crippen molar-refractivity contribution in [2.24, 2.45) is 0 Å². The van der Waals surface area contributed by atoms with E-state index in [0.29, 0.717) is 24.2 Å². The average Bonchev–Trinajstić information content (AvgIpc) is 3.37. The van der Waals surface area contributed by atoms with Gasteiger partial charge in [-0.05, 0) is 26.7 Å². The number of anilines is 2. The van der Waals surface area contributed by atoms with Crippen LogP contribution in [-0.2, 0) is 29.8 Å². The molecule has 4 atom stereocenters. The van der Waals surface area contributed by atoms with Crippen molar-refractivity contribution in [3.05, 3.63) is 6.33 Å². The van der Waals surface area contributed by atoms with E-state index >= 15 is 0 Å². The average molecular weight is 629 g/mol. The summed E-state index contributed by atoms with van der Waals surface area (Å²) >= 11 is 0. The molecule has 0 saturated carbocycles. The van der Waals surface area contributed by atoms with Crippen molar-refractivity contribution in [1.82, 2.24) is 19.5 Å². The number of hydrogen-bond acceptors (Lipinski definition) is 10. The van der Waals surface area contributed by atoms with Crippen LogP contribution >= 0.6 is 7.60 Å². The van der Waals surface area contributed by atoms with Gasteiger partial charge in [0.25, 0.3) is 0 Å². The molecule has 2 heterocycles. The predicted octanol–water partition coefficient (Wildman–Crippen LogP) is 6.80. The highest BCUT2D eigenvalue weighted by atomic mass is 31.2. The Morgan fingerprint density at radius 3 is 2.19 bits per heavy atom. The molecule has 13 heteroatoms. The Morgan fingerprint density at radius 1 is 0.953 bits per heavy atom. The van der Waals surface area contributed by atoms with E-state index in [1.807, 2.05) is 20.8 Å². The van der Waals surface area contributed by atoms with Gasteiger partial charge in [-0.25, -0.2) is 4.98 Å². The lowest BCUT2D eigenvalue weighted by atomic mass is 10.0. The summed E-state index contributed by atoms with van der Waals surface area (Å²) < 4.78 is 37.5. The minimum absolute atomic E-state index is 0.0286. The summed E-state index contributed by atoms with van der Waals surface area (Å²) in [4.78, 5) is 23.0. The lowest BCUT2D eigenvalue weighted by Gasteiger charge is -2.25. The Bertz CT molecular complexity index is 1070. The Labute approximate surface area is 258 Å². The maximum atomic E-state index is 12.9. The van der Waals surface area contributed by atoms with E-state index in [9.17, 15) is 9.46 Å². The second-order valence-corrected chi connectivity index (χ2v) is 13.1. The Hall–Kier alpha value is -1.82. The van der Waals surface area contributed by atoms with Gasteiger partial charge in [0.2, 0.25) is 5.95 Å². The van der Waals surface area contributed by atoms with Gasteiger partial charge in [-0.3, -0.25) is 9.09 Å². The third kappa shape index (κ3) is 15.1. The summed E-state index contributed by atoms with van der Waals surface area (Å²) in [5.74, 6) is 0.205. The number of nitrogen functional groups attached to an aromatic ring is 2. The molecule has 3 unspecified atom stereocenters. The molecule has 43 heavy (non-hydrogen) atoms. The predicted molar refractivity (Wildman–Crippen MR) is 172 cm³/mol. The fraction of sp³-hybridized carbons (Fsp3) is 0.833. The number of aromatic nitrogens is 4. The molecule has 0 fully saturated rings. The molecular weight excluding hydrogens is 571 g/mol. The van der Waals surface area contributed by atoms with Gasteiger partial charge in [-0.1, -0.05) is 90.9 Å². The molecule has 2 rings (SSSR count). The SMILES string of the molecule is CCCCCCCCCCCCCCC(C)OC(CC)OP(=O)(O)CO[C@@H](COCC)Cn1cnc2c(N)nc(N)nc21. The Balaban J connectivity index is 1.72. The number of ether oxygens (including phenoxy) is 3. The molecule has 5 N–H and O–H groups in total. The molecule has 248 valence electrons. The minimum atomic E-state index is -4.11. The van der Waals surface area contributed by atoms with Crippen molar-refractivity contribution in [2.75, 3.05) is 31.0 Å². The summed E-state index contributed by atoms with van der Waals surface area (Å²) in [6.07, 6.45) is 16.5. The molecule has 0 aliphatic heterocycles. The van der Waals surface area contributed by atoms with E-state index in [1.165, 1.54) is 70.6 Å². The molecule has 0 amide bonds. The zero-order valence-electron chi connectivity index (χ0n) is 26.9. The molecule has 0 saturated heterocycles. The van der Waals surface area contributed by atoms with Gasteiger partial charge in [-0.15, -0.1) is 0 Å². The second-order valence-electron chi connectivity index (χ2n) is 11.3. The second kappa shape index (κ2) is 21.0. The highest BCUT2D eigenvalue weighted by Gasteiger charge is 2.28. The number of fused-ring (bicyclic) bond motifs is 1. The van der Waals surface area contributed by atoms with Crippen LogP contribution in [0.15, 0.2) is 6.33 Å². The summed E-state index contributed by atoms with van der Waals surface area (Å²) in [5.41, 5.74) is 12.5. The first-order valence-corrected chi connectivity index (χ1v) is 18.0. The number of unbranched alkanes of at least 4 members (excludes halogenated alkanes) is 11. The largest absolute Gasteiger partial charge is 0.382 e. The third-order valence-corrected chi connectivity index (χ3v) is 8.39. The van der Waals surface area contributed by atoms with Crippen molar-refractivity contribution in [3.63, 3.8) is 0 Å². The minimum Gasteiger partial charge on any atom is -0.382 e. The Morgan fingerprint density at radius 2 is 1.58 bits per heavy atom. The molecule has 0 aromatic carbocycles. The molecule has 2 aromatic rings. The summed E-state index contributed by atoms with van der Waals surface area (Å²) in [7, 11) is -4.11. The maximum absolute atomic E-state index is 12.9. The first-order chi connectivity index (χ1) is 20.7. The van der Waals surface area contributed by atoms with Crippen molar-refractivity contribution >= 4 is 30.5 Å². The monoisotopic (exact) mass is 628 g/mol. The van der Waals surface area contributed by atoms with Gasteiger partial charge in [0.1, 0.15) is 11.9 Å². The number of hydrogen-bond donors (Lipinski definition) is 3. The molecule has 0 bridgehead atoms. The molecular formula is C30H57N6O6P. The number of nitrogens with two attached hydrogens (primary N) is 2. The molecule has 0 aliphatic carbocycles. The smallest absolute Gasteiger partial charge is 0.355 e. The summed E-state index contributed by atoms with van der Waals surface area (Å²) in [5, 5.41) is 0. The van der Waals surface area contributed by atoms with Crippen molar-refractivity contribution < 1.29 is 28.2 Å². The summed E-state index contributed by atoms with van der Waals surface area (Å²) in [6.45, 7) is 8.87. The lowest BCUT2D eigenvalue weighted by molar-refractivity contribution is -0.123. The first-order valence-electron chi connectivity index (χ1n) is 16.3. The van der Waals surface area contributed by atoms with E-state index in [-0.39, 0.29) is 31.0 Å². The van der Waals surface area contributed by atoms with E-state index in [4.69, 9.17) is 30.2 Å². The molecule has 12 nitrogen and oxygen atoms in total. The van der Waals surface area contributed by atoms with Crippen LogP contribution in [0.4, 0.5) is 11.8 Å². The van der Waals surface area contributed by atoms with E-state index in [2.05, 4.69) is 21.9 Å². The van der Waals surface area contributed by atoms with Gasteiger partial charge >= 0.3 is 7.60 Å². The molecule has 0 aliphatic rings. The van der Waals surface area contributed by atoms with Gasteiger partial charge < -0.3 is 35.1 Å². The molecule has 0 spiro atoms. The van der Waals surface area contributed by atoms with E-state index in [1.54, 1.807) is 10.9 Å². The zero-order valence-corrected chi connectivity index (χ0v) is 27.8. The fourth-order valence-corrected chi connectivity index (χ4v) is 5.97. The quantitative estimate of drug-likeness (QED) is 0.0568. The van der Waals surface area contributed by atoms with Gasteiger partial charge in [0.15, 0.2) is 17.8 Å². The number of rotatable bonds is 26. The molecule has 0 radical (unpaired) electrons. The normalized spacial score (nSPS) is 15.5. The van der Waals surface area contributed by atoms with Crippen LogP contribution in [0.5, 0.6) is 0 Å². The van der Waals surface area contributed by atoms with Crippen LogP contribution in [0.2, 0.25) is 0 Å². The van der Waals surface area contributed by atoms with Crippen molar-refractivity contribution in [2.45, 2.75) is 143 Å². The maximum Gasteiger partial charge on any atom is 0.355 e. The van der Waals surface area contributed by atoms with Crippen LogP contribution in [0.1, 0.15) is 118 Å². The van der Waals surface area contributed by atoms with Crippen LogP contribution in [-0.4, -0.2) is 62.5 Å². The highest BCUT2D eigenvalue weighted by Crippen LogP contribution is 2.44. The van der Waals surface area contributed by atoms with E-state index < -0.39 is 26.3 Å². The van der Waals surface area contributed by atoms with Crippen LogP contribution in [0.3, 0.4) is 0 Å². The number of nitrogens with zero attached hydrogens (tertiary/aromatic N) is 4. The highest BCUT2D eigenvalue weighted by molar-refractivity contribution is 7.52. The third-order valence-electron chi connectivity index (χ3n) is 7.35. The van der Waals surface area contributed by atoms with Gasteiger partial charge in [0, 0.05) is 6.61 Å². The van der Waals surface area contributed by atoms with Gasteiger partial charge in [0.05, 0.1) is 31.7 Å². The topological polar surface area (TPSA) is 170 Å². The van der Waals surface area contributed by atoms with Crippen molar-refractivity contribution in [3.8, 4) is 0 Å². The number of imidazole rings is 1. The van der Waals surface area contributed by atoms with Crippen LogP contribution < -0.4 is 11.5 Å². The van der Waals surface area contributed by atoms with Gasteiger partial charge in [-0.2, -0.15) is 9.97 Å². The lowest BCUT2D eigenvalue weighted by Crippen LogP contribution is -2.27. The van der Waals surface area contributed by atoms with E-state index in [0.717, 1.165) is 12.8 Å². The van der Waals surface area contributed by atoms with Crippen LogP contribution in [0.25, 0.3) is 11.2 Å². The fourth-order valence-electron chi connectivity index (χ4n) is 4.95. The summed E-state index contributed by atoms with van der Waals surface area (Å²) in [6, 6.07) is 0. The van der Waals surface area contributed by atoms with Crippen molar-refractivity contribution in [1.29, 1.82) is 0 Å². The first kappa shape index (κ1) is 37.4. The zero-order chi connectivity index (χ0) is 31.5. The molecule has 2 aromatic heterocycles. The van der Waals surface area contributed by atoms with Crippen LogP contribution in [0, 0.1) is 0 Å². The standard InChI is InChI=1S/C30H57N6O6P/c1-5-8-9-10-11-12-13-14-15-16-17-18-19-24(4)41-26(6-2)42-43(37,38)23-40-25(21-39-7-3)20-36-22-33-27-28(31)34-30(32)35-29(27)36/h22,24-26H,5-21,23H2,1-4H3,(H,37,38)(H4,31,32,34,35)/t24?,25-,26?/m1/s1. The Kier molecular flexibility index (Phi) is 18.3.